The van der Waals surface area contributed by atoms with Gasteiger partial charge in [-0.2, -0.15) is 0 Å². The molecule has 0 fully saturated rings. The second-order valence-corrected chi connectivity index (χ2v) is 7.20. The number of rotatable bonds is 10. The lowest BCUT2D eigenvalue weighted by Gasteiger charge is -2.13. The van der Waals surface area contributed by atoms with Gasteiger partial charge in [0.1, 0.15) is 5.65 Å². The largest absolute Gasteiger partial charge is 0.376 e. The fourth-order valence-corrected chi connectivity index (χ4v) is 3.01. The first-order valence-corrected chi connectivity index (χ1v) is 10.3. The molecular weight excluding hydrogens is 362 g/mol. The number of aromatic nitrogens is 2. The Kier molecular flexibility index (Phi) is 8.07. The number of nitrogens with zero attached hydrogens (tertiary/aromatic N) is 3. The number of aliphatic imine (C=N–C) groups is 1. The number of hydrogen-bond acceptors (Lipinski definition) is 3. The lowest BCUT2D eigenvalue weighted by molar-refractivity contribution is 0.0945. The summed E-state index contributed by atoms with van der Waals surface area (Å²) in [4.78, 5) is 9.34. The number of fused-ring (bicyclic) bond motifs is 1. The van der Waals surface area contributed by atoms with Crippen LogP contribution in [0, 0.1) is 5.92 Å². The van der Waals surface area contributed by atoms with Gasteiger partial charge in [-0.1, -0.05) is 43.3 Å². The molecule has 3 aromatic rings. The molecule has 1 unspecified atom stereocenters. The Hall–Kier alpha value is -2.86. The van der Waals surface area contributed by atoms with Crippen LogP contribution in [0.3, 0.4) is 0 Å². The Bertz CT molecular complexity index is 857. The van der Waals surface area contributed by atoms with Crippen molar-refractivity contribution in [3.8, 4) is 0 Å². The van der Waals surface area contributed by atoms with Gasteiger partial charge in [-0.3, -0.25) is 4.99 Å². The maximum Gasteiger partial charge on any atom is 0.191 e. The minimum absolute atomic E-state index is 0.354. The van der Waals surface area contributed by atoms with E-state index in [1.165, 1.54) is 5.56 Å². The molecule has 29 heavy (non-hydrogen) atoms. The monoisotopic (exact) mass is 393 g/mol. The quantitative estimate of drug-likeness (QED) is 0.410. The van der Waals surface area contributed by atoms with Crippen molar-refractivity contribution in [1.29, 1.82) is 0 Å². The van der Waals surface area contributed by atoms with Crippen molar-refractivity contribution in [3.63, 3.8) is 0 Å². The van der Waals surface area contributed by atoms with Gasteiger partial charge in [0.05, 0.1) is 18.9 Å². The number of benzene rings is 1. The van der Waals surface area contributed by atoms with E-state index in [2.05, 4.69) is 47.8 Å². The first-order valence-electron chi connectivity index (χ1n) is 10.3. The maximum absolute atomic E-state index is 5.82. The summed E-state index contributed by atoms with van der Waals surface area (Å²) in [6.07, 6.45) is 4.95. The van der Waals surface area contributed by atoms with Crippen LogP contribution in [0.15, 0.2) is 65.9 Å². The van der Waals surface area contributed by atoms with E-state index in [4.69, 9.17) is 9.73 Å². The van der Waals surface area contributed by atoms with Gasteiger partial charge in [0.2, 0.25) is 0 Å². The highest BCUT2D eigenvalue weighted by molar-refractivity contribution is 5.79. The lowest BCUT2D eigenvalue weighted by atomic mass is 10.2. The Balaban J connectivity index is 1.41. The predicted molar refractivity (Wildman–Crippen MR) is 118 cm³/mol. The second-order valence-electron chi connectivity index (χ2n) is 7.20. The van der Waals surface area contributed by atoms with Crippen LogP contribution in [0.2, 0.25) is 0 Å². The third kappa shape index (κ3) is 6.91. The molecule has 154 valence electrons. The number of pyridine rings is 1. The van der Waals surface area contributed by atoms with Crippen LogP contribution in [-0.2, 0) is 17.8 Å². The summed E-state index contributed by atoms with van der Waals surface area (Å²) in [6, 6.07) is 16.3. The van der Waals surface area contributed by atoms with Crippen LogP contribution in [-0.4, -0.2) is 41.6 Å². The van der Waals surface area contributed by atoms with Crippen molar-refractivity contribution < 1.29 is 4.74 Å². The molecule has 1 aromatic carbocycles. The molecule has 2 N–H and O–H groups in total. The molecule has 0 aliphatic heterocycles. The summed E-state index contributed by atoms with van der Waals surface area (Å²) in [5, 5.41) is 6.70. The highest BCUT2D eigenvalue weighted by atomic mass is 16.5. The van der Waals surface area contributed by atoms with Crippen molar-refractivity contribution in [2.75, 3.05) is 26.2 Å². The summed E-state index contributed by atoms with van der Waals surface area (Å²) < 4.78 is 7.87. The molecule has 2 aromatic heterocycles. The van der Waals surface area contributed by atoms with Gasteiger partial charge in [0.15, 0.2) is 5.96 Å². The Morgan fingerprint density at radius 3 is 2.76 bits per heavy atom. The molecule has 3 rings (SSSR count). The zero-order valence-electron chi connectivity index (χ0n) is 17.3. The zero-order chi connectivity index (χ0) is 20.3. The van der Waals surface area contributed by atoms with E-state index in [1.54, 1.807) is 0 Å². The van der Waals surface area contributed by atoms with Crippen LogP contribution in [0.4, 0.5) is 0 Å². The molecule has 0 amide bonds. The number of guanidine groups is 1. The Morgan fingerprint density at radius 1 is 1.14 bits per heavy atom. The third-order valence-corrected chi connectivity index (χ3v) is 4.51. The molecule has 0 saturated heterocycles. The van der Waals surface area contributed by atoms with E-state index >= 15 is 0 Å². The van der Waals surface area contributed by atoms with Gasteiger partial charge in [0, 0.05) is 38.4 Å². The van der Waals surface area contributed by atoms with Crippen LogP contribution < -0.4 is 10.6 Å². The summed E-state index contributed by atoms with van der Waals surface area (Å²) in [5.74, 6) is 1.19. The lowest BCUT2D eigenvalue weighted by Crippen LogP contribution is -2.38. The number of hydrogen-bond donors (Lipinski definition) is 2. The smallest absolute Gasteiger partial charge is 0.191 e. The van der Waals surface area contributed by atoms with Crippen LogP contribution in [0.1, 0.15) is 25.1 Å². The van der Waals surface area contributed by atoms with E-state index in [-0.39, 0.29) is 0 Å². The molecule has 1 atom stereocenters. The van der Waals surface area contributed by atoms with Crippen molar-refractivity contribution >= 4 is 11.6 Å². The van der Waals surface area contributed by atoms with E-state index in [1.807, 2.05) is 47.0 Å². The average Bonchev–Trinajstić information content (AvgIpc) is 3.15. The van der Waals surface area contributed by atoms with Crippen molar-refractivity contribution in [2.24, 2.45) is 10.9 Å². The average molecular weight is 394 g/mol. The van der Waals surface area contributed by atoms with Crippen LogP contribution in [0.25, 0.3) is 5.65 Å². The summed E-state index contributed by atoms with van der Waals surface area (Å²) >= 11 is 0. The van der Waals surface area contributed by atoms with Gasteiger partial charge in [-0.05, 0) is 30.5 Å². The fourth-order valence-electron chi connectivity index (χ4n) is 3.01. The molecule has 0 radical (unpaired) electrons. The molecule has 0 spiro atoms. The normalized spacial score (nSPS) is 12.8. The minimum Gasteiger partial charge on any atom is -0.376 e. The number of imidazole rings is 1. The number of nitrogens with one attached hydrogen (secondary N) is 2. The zero-order valence-corrected chi connectivity index (χ0v) is 17.3. The molecular formula is C23H31N5O. The minimum atomic E-state index is 0.354. The highest BCUT2D eigenvalue weighted by Crippen LogP contribution is 2.05. The standard InChI is InChI=1S/C23H31N5O/c1-3-24-23(25-13-12-21-16-28-14-8-7-11-22(28)27-21)26-15-19(2)17-29-18-20-9-5-4-6-10-20/h4-11,14,16,19H,3,12-13,15,17-18H2,1-2H3,(H2,24,25,26). The number of ether oxygens (including phenoxy) is 1. The molecule has 0 bridgehead atoms. The van der Waals surface area contributed by atoms with E-state index in [9.17, 15) is 0 Å². The van der Waals surface area contributed by atoms with Gasteiger partial charge >= 0.3 is 0 Å². The van der Waals surface area contributed by atoms with E-state index in [0.29, 0.717) is 19.1 Å². The van der Waals surface area contributed by atoms with Gasteiger partial charge in [-0.15, -0.1) is 0 Å². The van der Waals surface area contributed by atoms with Crippen molar-refractivity contribution in [2.45, 2.75) is 26.9 Å². The van der Waals surface area contributed by atoms with Crippen LogP contribution >= 0.6 is 0 Å². The van der Waals surface area contributed by atoms with Crippen molar-refractivity contribution in [1.82, 2.24) is 20.0 Å². The summed E-state index contributed by atoms with van der Waals surface area (Å²) in [7, 11) is 0. The van der Waals surface area contributed by atoms with E-state index in [0.717, 1.165) is 43.4 Å². The van der Waals surface area contributed by atoms with E-state index < -0.39 is 0 Å². The molecule has 0 saturated carbocycles. The first kappa shape index (κ1) is 20.9. The first-order chi connectivity index (χ1) is 14.2. The SMILES string of the molecule is CCNC(=NCC(C)COCc1ccccc1)NCCc1cn2ccccc2n1. The van der Waals surface area contributed by atoms with Gasteiger partial charge in [0.25, 0.3) is 0 Å². The Labute approximate surface area is 173 Å². The van der Waals surface area contributed by atoms with Crippen LogP contribution in [0.5, 0.6) is 0 Å². The topological polar surface area (TPSA) is 63.0 Å². The maximum atomic E-state index is 5.82. The summed E-state index contributed by atoms with van der Waals surface area (Å²) in [6.45, 7) is 7.91. The molecule has 6 nitrogen and oxygen atoms in total. The second kappa shape index (κ2) is 11.2. The van der Waals surface area contributed by atoms with Gasteiger partial charge in [-0.25, -0.2) is 4.98 Å². The molecule has 0 aliphatic carbocycles. The van der Waals surface area contributed by atoms with Gasteiger partial charge < -0.3 is 19.8 Å². The predicted octanol–water partition coefficient (Wildman–Crippen LogP) is 3.28. The Morgan fingerprint density at radius 2 is 1.97 bits per heavy atom. The van der Waals surface area contributed by atoms with Crippen molar-refractivity contribution in [3.05, 3.63) is 72.2 Å². The third-order valence-electron chi connectivity index (χ3n) is 4.51. The molecule has 0 aliphatic rings. The highest BCUT2D eigenvalue weighted by Gasteiger charge is 2.05. The fraction of sp³-hybridized carbons (Fsp3) is 0.391. The summed E-state index contributed by atoms with van der Waals surface area (Å²) in [5.41, 5.74) is 3.25. The molecule has 2 heterocycles. The molecule has 6 heteroatoms.